The van der Waals surface area contributed by atoms with Crippen molar-refractivity contribution in [3.05, 3.63) is 119 Å². The normalized spacial score (nSPS) is 13.1. The fraction of sp³-hybridized carbons (Fsp3) is 0.161. The molecule has 0 aliphatic heterocycles. The minimum atomic E-state index is -4.01. The van der Waals surface area contributed by atoms with E-state index in [1.165, 1.54) is 24.3 Å². The topological polar surface area (TPSA) is 119 Å². The number of hydrogen-bond donors (Lipinski definition) is 2. The first-order valence-electron chi connectivity index (χ1n) is 12.7. The van der Waals surface area contributed by atoms with E-state index in [1.54, 1.807) is 24.3 Å². The molecule has 0 heterocycles. The van der Waals surface area contributed by atoms with Crippen molar-refractivity contribution in [1.29, 1.82) is 0 Å². The molecule has 1 aliphatic rings. The second-order valence-electron chi connectivity index (χ2n) is 9.56. The van der Waals surface area contributed by atoms with Crippen molar-refractivity contribution < 1.29 is 32.0 Å². The molecule has 4 aromatic rings. The number of aryl methyl sites for hydroxylation is 1. The molecule has 1 unspecified atom stereocenters. The molecular formula is C31H27NO7S. The van der Waals surface area contributed by atoms with Gasteiger partial charge in [0.15, 0.2) is 0 Å². The Bertz CT molecular complexity index is 1600. The van der Waals surface area contributed by atoms with Gasteiger partial charge in [-0.25, -0.2) is 9.59 Å². The van der Waals surface area contributed by atoms with Gasteiger partial charge >= 0.3 is 22.2 Å². The molecule has 8 nitrogen and oxygen atoms in total. The number of carboxylic acids is 1. The van der Waals surface area contributed by atoms with Gasteiger partial charge in [0.1, 0.15) is 23.3 Å². The molecule has 2 N–H and O–H groups in total. The lowest BCUT2D eigenvalue weighted by Crippen LogP contribution is -2.42. The zero-order valence-electron chi connectivity index (χ0n) is 21.6. The quantitative estimate of drug-likeness (QED) is 0.268. The Morgan fingerprint density at radius 2 is 1.43 bits per heavy atom. The molecule has 4 aromatic carbocycles. The summed E-state index contributed by atoms with van der Waals surface area (Å²) >= 11 is 0. The average molecular weight is 558 g/mol. The zero-order chi connectivity index (χ0) is 28.3. The van der Waals surface area contributed by atoms with Gasteiger partial charge in [-0.15, -0.1) is 0 Å². The SMILES string of the molecule is Cc1ccc(S(=O)(=O)Oc2ccc(CC(NC(=O)OCC3c4ccccc4-c4ccccc43)C(=O)O)cc2)cc1. The molecule has 0 radical (unpaired) electrons. The summed E-state index contributed by atoms with van der Waals surface area (Å²) in [6.45, 7) is 1.91. The molecule has 9 heteroatoms. The maximum Gasteiger partial charge on any atom is 0.407 e. The number of benzene rings is 4. The predicted octanol–water partition coefficient (Wildman–Crippen LogP) is 5.30. The molecule has 0 fully saturated rings. The Morgan fingerprint density at radius 1 is 0.850 bits per heavy atom. The van der Waals surface area contributed by atoms with E-state index >= 15 is 0 Å². The largest absolute Gasteiger partial charge is 0.480 e. The highest BCUT2D eigenvalue weighted by atomic mass is 32.2. The second kappa shape index (κ2) is 11.2. The third-order valence-electron chi connectivity index (χ3n) is 6.81. The molecule has 1 atom stereocenters. The van der Waals surface area contributed by atoms with Crippen LogP contribution in [0.5, 0.6) is 5.75 Å². The number of aliphatic carboxylic acids is 1. The number of amides is 1. The van der Waals surface area contributed by atoms with Gasteiger partial charge in [0.2, 0.25) is 0 Å². The van der Waals surface area contributed by atoms with Crippen LogP contribution in [0, 0.1) is 6.92 Å². The van der Waals surface area contributed by atoms with E-state index in [0.29, 0.717) is 5.56 Å². The van der Waals surface area contributed by atoms with Gasteiger partial charge in [0.05, 0.1) is 0 Å². The minimum absolute atomic E-state index is 0.0282. The summed E-state index contributed by atoms with van der Waals surface area (Å²) in [6, 6.07) is 26.9. The summed E-state index contributed by atoms with van der Waals surface area (Å²) < 4.78 is 35.7. The first kappa shape index (κ1) is 27.0. The third-order valence-corrected chi connectivity index (χ3v) is 8.07. The monoisotopic (exact) mass is 557 g/mol. The number of hydrogen-bond acceptors (Lipinski definition) is 6. The van der Waals surface area contributed by atoms with Gasteiger partial charge in [-0.1, -0.05) is 78.4 Å². The van der Waals surface area contributed by atoms with Gasteiger partial charge in [0.25, 0.3) is 0 Å². The maximum absolute atomic E-state index is 12.6. The molecule has 0 aromatic heterocycles. The van der Waals surface area contributed by atoms with Crippen molar-refractivity contribution in [3.63, 3.8) is 0 Å². The first-order valence-corrected chi connectivity index (χ1v) is 14.1. The number of ether oxygens (including phenoxy) is 1. The third kappa shape index (κ3) is 5.84. The molecule has 5 rings (SSSR count). The summed E-state index contributed by atoms with van der Waals surface area (Å²) in [6.07, 6.45) is -0.872. The van der Waals surface area contributed by atoms with Gasteiger partial charge in [-0.2, -0.15) is 8.42 Å². The fourth-order valence-corrected chi connectivity index (χ4v) is 5.71. The Kier molecular flexibility index (Phi) is 7.57. The Labute approximate surface area is 232 Å². The Morgan fingerprint density at radius 3 is 2.00 bits per heavy atom. The van der Waals surface area contributed by atoms with Crippen LogP contribution in [0.3, 0.4) is 0 Å². The molecule has 204 valence electrons. The molecule has 0 spiro atoms. The van der Waals surface area contributed by atoms with E-state index in [1.807, 2.05) is 55.5 Å². The van der Waals surface area contributed by atoms with Crippen molar-refractivity contribution in [2.75, 3.05) is 6.61 Å². The summed E-state index contributed by atoms with van der Waals surface area (Å²) in [7, 11) is -4.01. The van der Waals surface area contributed by atoms with Crippen LogP contribution in [-0.2, 0) is 26.1 Å². The van der Waals surface area contributed by atoms with Crippen LogP contribution in [0.25, 0.3) is 11.1 Å². The van der Waals surface area contributed by atoms with Crippen LogP contribution in [0.15, 0.2) is 102 Å². The van der Waals surface area contributed by atoms with Gasteiger partial charge in [-0.05, 0) is 59.0 Å². The molecule has 0 saturated heterocycles. The molecule has 40 heavy (non-hydrogen) atoms. The highest BCUT2D eigenvalue weighted by Gasteiger charge is 2.30. The van der Waals surface area contributed by atoms with E-state index < -0.39 is 28.2 Å². The molecule has 0 bridgehead atoms. The molecular weight excluding hydrogens is 530 g/mol. The van der Waals surface area contributed by atoms with Crippen LogP contribution < -0.4 is 9.50 Å². The summed E-state index contributed by atoms with van der Waals surface area (Å²) in [5, 5.41) is 12.1. The fourth-order valence-electron chi connectivity index (χ4n) is 4.78. The number of fused-ring (bicyclic) bond motifs is 3. The minimum Gasteiger partial charge on any atom is -0.480 e. The smallest absolute Gasteiger partial charge is 0.407 e. The summed E-state index contributed by atoms with van der Waals surface area (Å²) in [4.78, 5) is 24.5. The van der Waals surface area contributed by atoms with Gasteiger partial charge in [0, 0.05) is 12.3 Å². The van der Waals surface area contributed by atoms with Gasteiger partial charge in [-0.3, -0.25) is 0 Å². The maximum atomic E-state index is 12.6. The number of nitrogens with one attached hydrogen (secondary N) is 1. The van der Waals surface area contributed by atoms with Crippen LogP contribution in [0.2, 0.25) is 0 Å². The predicted molar refractivity (Wildman–Crippen MR) is 149 cm³/mol. The van der Waals surface area contributed by atoms with Crippen LogP contribution in [-0.4, -0.2) is 38.2 Å². The lowest BCUT2D eigenvalue weighted by atomic mass is 9.98. The van der Waals surface area contributed by atoms with Gasteiger partial charge < -0.3 is 19.3 Å². The lowest BCUT2D eigenvalue weighted by Gasteiger charge is -2.17. The van der Waals surface area contributed by atoms with Crippen molar-refractivity contribution in [1.82, 2.24) is 5.32 Å². The summed E-state index contributed by atoms with van der Waals surface area (Å²) in [5.41, 5.74) is 5.77. The van der Waals surface area contributed by atoms with Crippen molar-refractivity contribution >= 4 is 22.2 Å². The van der Waals surface area contributed by atoms with E-state index in [4.69, 9.17) is 8.92 Å². The summed E-state index contributed by atoms with van der Waals surface area (Å²) in [5.74, 6) is -1.29. The number of carbonyl (C=O) groups is 2. The molecule has 0 saturated carbocycles. The zero-order valence-corrected chi connectivity index (χ0v) is 22.4. The number of rotatable bonds is 9. The van der Waals surface area contributed by atoms with E-state index in [0.717, 1.165) is 27.8 Å². The number of carboxylic acid groups (broad SMARTS) is 1. The number of carbonyl (C=O) groups excluding carboxylic acids is 1. The van der Waals surface area contributed by atoms with Crippen LogP contribution >= 0.6 is 0 Å². The standard InChI is InChI=1S/C31H27NO7S/c1-20-10-16-23(17-11-20)40(36,37)39-22-14-12-21(13-15-22)18-29(30(33)34)32-31(35)38-19-28-26-8-4-2-6-24(26)25-7-3-5-9-27(25)28/h2-17,28-29H,18-19H2,1H3,(H,32,35)(H,33,34). The Hall–Kier alpha value is -4.63. The van der Waals surface area contributed by atoms with Crippen LogP contribution in [0.4, 0.5) is 4.79 Å². The lowest BCUT2D eigenvalue weighted by molar-refractivity contribution is -0.139. The highest BCUT2D eigenvalue weighted by Crippen LogP contribution is 2.44. The Balaban J connectivity index is 1.20. The first-order chi connectivity index (χ1) is 19.2. The van der Waals surface area contributed by atoms with Crippen molar-refractivity contribution in [2.24, 2.45) is 0 Å². The van der Waals surface area contributed by atoms with Crippen molar-refractivity contribution in [3.8, 4) is 16.9 Å². The number of alkyl carbamates (subject to hydrolysis) is 1. The molecule has 1 amide bonds. The van der Waals surface area contributed by atoms with E-state index in [-0.39, 0.29) is 29.6 Å². The van der Waals surface area contributed by atoms with E-state index in [2.05, 4.69) is 5.32 Å². The highest BCUT2D eigenvalue weighted by molar-refractivity contribution is 7.87. The molecule has 1 aliphatic carbocycles. The van der Waals surface area contributed by atoms with Crippen LogP contribution in [0.1, 0.15) is 28.2 Å². The average Bonchev–Trinajstić information content (AvgIpc) is 3.26. The van der Waals surface area contributed by atoms with Crippen molar-refractivity contribution in [2.45, 2.75) is 30.2 Å². The van der Waals surface area contributed by atoms with E-state index in [9.17, 15) is 23.1 Å². The second-order valence-corrected chi connectivity index (χ2v) is 11.1.